The fraction of sp³-hybridized carbons (Fsp3) is 0.333. The van der Waals surface area contributed by atoms with Gasteiger partial charge in [0.15, 0.2) is 5.82 Å². The summed E-state index contributed by atoms with van der Waals surface area (Å²) in [6, 6.07) is 7.93. The maximum Gasteiger partial charge on any atom is 0.242 e. The van der Waals surface area contributed by atoms with Gasteiger partial charge in [0.25, 0.3) is 0 Å². The Kier molecular flexibility index (Phi) is 4.47. The van der Waals surface area contributed by atoms with Crippen LogP contribution >= 0.6 is 0 Å². The summed E-state index contributed by atoms with van der Waals surface area (Å²) in [6.07, 6.45) is 1.44. The molecule has 3 N–H and O–H groups in total. The summed E-state index contributed by atoms with van der Waals surface area (Å²) in [4.78, 5) is 10.3. The lowest BCUT2D eigenvalue weighted by Gasteiger charge is -2.19. The fourth-order valence-corrected chi connectivity index (χ4v) is 1.89. The van der Waals surface area contributed by atoms with Gasteiger partial charge in [0.2, 0.25) is 5.88 Å². The Labute approximate surface area is 125 Å². The number of nitrogens with one attached hydrogen (secondary N) is 1. The van der Waals surface area contributed by atoms with Crippen molar-refractivity contribution in [1.29, 1.82) is 0 Å². The highest BCUT2D eigenvalue weighted by atomic mass is 16.5. The zero-order valence-corrected chi connectivity index (χ0v) is 12.8. The standard InChI is InChI=1S/C15H21N5O/c1-10(2)21-15-13(16)14(17-9-18-15)19-11-7-5-6-8-12(11)20(3)4/h5-10H,16H2,1-4H3,(H,17,18,19). The van der Waals surface area contributed by atoms with Crippen molar-refractivity contribution < 1.29 is 4.74 Å². The Morgan fingerprint density at radius 1 is 1.19 bits per heavy atom. The molecule has 1 aromatic carbocycles. The summed E-state index contributed by atoms with van der Waals surface area (Å²) in [5.41, 5.74) is 8.45. The second-order valence-corrected chi connectivity index (χ2v) is 5.14. The van der Waals surface area contributed by atoms with E-state index in [0.717, 1.165) is 11.4 Å². The molecule has 0 amide bonds. The molecule has 6 heteroatoms. The van der Waals surface area contributed by atoms with Gasteiger partial charge in [0.1, 0.15) is 12.0 Å². The Hall–Kier alpha value is -2.50. The van der Waals surface area contributed by atoms with Gasteiger partial charge in [-0.15, -0.1) is 0 Å². The summed E-state index contributed by atoms with van der Waals surface area (Å²) in [7, 11) is 3.97. The van der Waals surface area contributed by atoms with E-state index in [1.165, 1.54) is 6.33 Å². The van der Waals surface area contributed by atoms with E-state index in [-0.39, 0.29) is 6.10 Å². The molecule has 0 bridgehead atoms. The number of hydrogen-bond donors (Lipinski definition) is 2. The molecule has 2 rings (SSSR count). The average molecular weight is 287 g/mol. The van der Waals surface area contributed by atoms with Crippen LogP contribution in [0.15, 0.2) is 30.6 Å². The van der Waals surface area contributed by atoms with Gasteiger partial charge in [0.05, 0.1) is 17.5 Å². The first-order chi connectivity index (χ1) is 9.99. The van der Waals surface area contributed by atoms with Crippen LogP contribution in [0.3, 0.4) is 0 Å². The summed E-state index contributed by atoms with van der Waals surface area (Å²) in [6.45, 7) is 3.85. The number of ether oxygens (including phenoxy) is 1. The van der Waals surface area contributed by atoms with E-state index < -0.39 is 0 Å². The molecule has 6 nitrogen and oxygen atoms in total. The van der Waals surface area contributed by atoms with Gasteiger partial charge in [-0.05, 0) is 26.0 Å². The van der Waals surface area contributed by atoms with E-state index in [2.05, 4.69) is 15.3 Å². The summed E-state index contributed by atoms with van der Waals surface area (Å²) in [5, 5.41) is 3.24. The lowest BCUT2D eigenvalue weighted by Crippen LogP contribution is -2.13. The SMILES string of the molecule is CC(C)Oc1ncnc(Nc2ccccc2N(C)C)c1N. The molecule has 0 fully saturated rings. The molecule has 0 atom stereocenters. The van der Waals surface area contributed by atoms with Crippen LogP contribution in [0.4, 0.5) is 22.9 Å². The molecular weight excluding hydrogens is 266 g/mol. The Morgan fingerprint density at radius 2 is 1.90 bits per heavy atom. The minimum absolute atomic E-state index is 0.00381. The normalized spacial score (nSPS) is 10.5. The van der Waals surface area contributed by atoms with Gasteiger partial charge in [0, 0.05) is 14.1 Å². The van der Waals surface area contributed by atoms with Crippen molar-refractivity contribution in [2.75, 3.05) is 30.0 Å². The zero-order valence-electron chi connectivity index (χ0n) is 12.8. The largest absolute Gasteiger partial charge is 0.473 e. The first-order valence-corrected chi connectivity index (χ1v) is 6.79. The van der Waals surface area contributed by atoms with Gasteiger partial charge >= 0.3 is 0 Å². The van der Waals surface area contributed by atoms with Gasteiger partial charge < -0.3 is 20.7 Å². The van der Waals surface area contributed by atoms with E-state index in [1.54, 1.807) is 0 Å². The second kappa shape index (κ2) is 6.30. The van der Waals surface area contributed by atoms with Crippen molar-refractivity contribution in [3.8, 4) is 5.88 Å². The molecule has 0 radical (unpaired) electrons. The van der Waals surface area contributed by atoms with E-state index in [9.17, 15) is 0 Å². The smallest absolute Gasteiger partial charge is 0.242 e. The first-order valence-electron chi connectivity index (χ1n) is 6.79. The molecule has 1 aromatic heterocycles. The average Bonchev–Trinajstić information content (AvgIpc) is 2.43. The predicted molar refractivity (Wildman–Crippen MR) is 86.3 cm³/mol. The zero-order chi connectivity index (χ0) is 15.4. The number of nitrogen functional groups attached to an aromatic ring is 1. The van der Waals surface area contributed by atoms with Crippen LogP contribution in [0.5, 0.6) is 5.88 Å². The van der Waals surface area contributed by atoms with Gasteiger partial charge in [-0.1, -0.05) is 12.1 Å². The van der Waals surface area contributed by atoms with E-state index in [0.29, 0.717) is 17.4 Å². The monoisotopic (exact) mass is 287 g/mol. The third-order valence-corrected chi connectivity index (χ3v) is 2.83. The first kappa shape index (κ1) is 14.9. The molecule has 0 spiro atoms. The number of nitrogens with zero attached hydrogens (tertiary/aromatic N) is 3. The van der Waals surface area contributed by atoms with Crippen LogP contribution in [0.2, 0.25) is 0 Å². The second-order valence-electron chi connectivity index (χ2n) is 5.14. The molecule has 0 saturated heterocycles. The third-order valence-electron chi connectivity index (χ3n) is 2.83. The topological polar surface area (TPSA) is 76.3 Å². The highest BCUT2D eigenvalue weighted by molar-refractivity contribution is 5.79. The highest BCUT2D eigenvalue weighted by Crippen LogP contribution is 2.31. The summed E-state index contributed by atoms with van der Waals surface area (Å²) in [5.74, 6) is 0.930. The molecule has 2 aromatic rings. The minimum atomic E-state index is 0.00381. The maximum absolute atomic E-state index is 6.08. The molecule has 0 aliphatic rings. The molecule has 21 heavy (non-hydrogen) atoms. The fourth-order valence-electron chi connectivity index (χ4n) is 1.89. The molecule has 0 aliphatic heterocycles. The Balaban J connectivity index is 2.32. The third kappa shape index (κ3) is 3.53. The summed E-state index contributed by atoms with van der Waals surface area (Å²) >= 11 is 0. The van der Waals surface area contributed by atoms with Gasteiger partial charge in [-0.25, -0.2) is 4.98 Å². The van der Waals surface area contributed by atoms with Crippen LogP contribution in [0, 0.1) is 0 Å². The van der Waals surface area contributed by atoms with E-state index >= 15 is 0 Å². The van der Waals surface area contributed by atoms with Gasteiger partial charge in [-0.2, -0.15) is 4.98 Å². The Morgan fingerprint density at radius 3 is 2.57 bits per heavy atom. The quantitative estimate of drug-likeness (QED) is 0.880. The molecule has 0 saturated carbocycles. The Bertz CT molecular complexity index is 613. The summed E-state index contributed by atoms with van der Waals surface area (Å²) < 4.78 is 5.57. The van der Waals surface area contributed by atoms with Crippen molar-refractivity contribution in [2.24, 2.45) is 0 Å². The van der Waals surface area contributed by atoms with E-state index in [4.69, 9.17) is 10.5 Å². The number of aromatic nitrogens is 2. The van der Waals surface area contributed by atoms with Crippen LogP contribution in [-0.2, 0) is 0 Å². The molecule has 112 valence electrons. The minimum Gasteiger partial charge on any atom is -0.473 e. The van der Waals surface area contributed by atoms with Crippen LogP contribution in [0.25, 0.3) is 0 Å². The van der Waals surface area contributed by atoms with Crippen molar-refractivity contribution in [2.45, 2.75) is 20.0 Å². The number of anilines is 4. The van der Waals surface area contributed by atoms with Crippen LogP contribution < -0.4 is 20.7 Å². The van der Waals surface area contributed by atoms with Crippen LogP contribution in [-0.4, -0.2) is 30.2 Å². The highest BCUT2D eigenvalue weighted by Gasteiger charge is 2.12. The maximum atomic E-state index is 6.08. The number of hydrogen-bond acceptors (Lipinski definition) is 6. The lowest BCUT2D eigenvalue weighted by atomic mass is 10.2. The number of para-hydroxylation sites is 2. The number of nitrogens with two attached hydrogens (primary N) is 1. The molecule has 0 unspecified atom stereocenters. The molecule has 0 aliphatic carbocycles. The number of benzene rings is 1. The van der Waals surface area contributed by atoms with Crippen molar-refractivity contribution >= 4 is 22.9 Å². The number of rotatable bonds is 5. The lowest BCUT2D eigenvalue weighted by molar-refractivity contribution is 0.234. The van der Waals surface area contributed by atoms with Crippen molar-refractivity contribution in [3.63, 3.8) is 0 Å². The van der Waals surface area contributed by atoms with E-state index in [1.807, 2.05) is 57.1 Å². The van der Waals surface area contributed by atoms with Crippen molar-refractivity contribution in [3.05, 3.63) is 30.6 Å². The van der Waals surface area contributed by atoms with Gasteiger partial charge in [-0.3, -0.25) is 0 Å². The predicted octanol–water partition coefficient (Wildman–Crippen LogP) is 2.66. The molecular formula is C15H21N5O. The molecule has 1 heterocycles. The van der Waals surface area contributed by atoms with Crippen LogP contribution in [0.1, 0.15) is 13.8 Å². The van der Waals surface area contributed by atoms with Crippen molar-refractivity contribution in [1.82, 2.24) is 9.97 Å².